The second-order valence-corrected chi connectivity index (χ2v) is 13.9. The number of nitrogens with two attached hydrogens (primary N) is 5. The molecular formula is C32H61N13O8S. The Morgan fingerprint density at radius 2 is 1.02 bits per heavy atom. The van der Waals surface area contributed by atoms with Crippen molar-refractivity contribution in [1.82, 2.24) is 31.9 Å². The van der Waals surface area contributed by atoms with Crippen molar-refractivity contribution in [3.63, 3.8) is 0 Å². The number of nitrogens with one attached hydrogen (secondary N) is 6. The van der Waals surface area contributed by atoms with Crippen LogP contribution >= 0.6 is 12.6 Å². The molecule has 0 aromatic rings. The van der Waals surface area contributed by atoms with Crippen molar-refractivity contribution in [2.75, 3.05) is 25.4 Å². The molecule has 0 saturated heterocycles. The molecule has 0 heterocycles. The van der Waals surface area contributed by atoms with E-state index in [-0.39, 0.29) is 68.3 Å². The summed E-state index contributed by atoms with van der Waals surface area (Å²) in [6.07, 6.45) is 1.18. The molecule has 0 aliphatic carbocycles. The van der Waals surface area contributed by atoms with Crippen molar-refractivity contribution in [1.29, 1.82) is 0 Å². The molecule has 0 bridgehead atoms. The largest absolute Gasteiger partial charge is 0.480 e. The van der Waals surface area contributed by atoms with E-state index in [0.29, 0.717) is 12.8 Å². The number of aliphatic carboxylic acids is 1. The van der Waals surface area contributed by atoms with Crippen LogP contribution in [0.2, 0.25) is 0 Å². The van der Waals surface area contributed by atoms with E-state index in [1.54, 1.807) is 13.8 Å². The lowest BCUT2D eigenvalue weighted by molar-refractivity contribution is -0.138. The third kappa shape index (κ3) is 21.6. The Morgan fingerprint density at radius 3 is 1.46 bits per heavy atom. The number of thiol groups is 1. The summed E-state index contributed by atoms with van der Waals surface area (Å²) >= 11 is 4.15. The Balaban J connectivity index is 5.96. The third-order valence-electron chi connectivity index (χ3n) is 7.54. The van der Waals surface area contributed by atoms with E-state index in [4.69, 9.17) is 33.8 Å². The van der Waals surface area contributed by atoms with Crippen molar-refractivity contribution >= 4 is 66.0 Å². The minimum absolute atomic E-state index is 0.0209. The predicted octanol–water partition coefficient (Wildman–Crippen LogP) is -3.91. The van der Waals surface area contributed by atoms with Gasteiger partial charge in [-0.1, -0.05) is 27.7 Å². The molecule has 0 aromatic heterocycles. The molecule has 22 heteroatoms. The molecule has 0 radical (unpaired) electrons. The van der Waals surface area contributed by atoms with Crippen LogP contribution in [0.3, 0.4) is 0 Å². The highest BCUT2D eigenvalue weighted by molar-refractivity contribution is 7.80. The summed E-state index contributed by atoms with van der Waals surface area (Å²) in [6, 6.07) is -6.83. The van der Waals surface area contributed by atoms with E-state index >= 15 is 0 Å². The number of amides is 6. The minimum Gasteiger partial charge on any atom is -0.480 e. The van der Waals surface area contributed by atoms with Crippen LogP contribution in [0, 0.1) is 11.8 Å². The predicted molar refractivity (Wildman–Crippen MR) is 207 cm³/mol. The summed E-state index contributed by atoms with van der Waals surface area (Å²) in [4.78, 5) is 97.5. The van der Waals surface area contributed by atoms with Crippen molar-refractivity contribution in [3.05, 3.63) is 0 Å². The minimum atomic E-state index is -1.27. The van der Waals surface area contributed by atoms with Gasteiger partial charge >= 0.3 is 5.97 Å². The molecule has 17 N–H and O–H groups in total. The van der Waals surface area contributed by atoms with Gasteiger partial charge in [0.25, 0.3) is 0 Å². The number of hydrogen-bond donors (Lipinski definition) is 13. The first kappa shape index (κ1) is 49.1. The maximum atomic E-state index is 13.6. The zero-order valence-corrected chi connectivity index (χ0v) is 32.6. The average molecular weight is 788 g/mol. The summed E-state index contributed by atoms with van der Waals surface area (Å²) in [5, 5.41) is 23.9. The van der Waals surface area contributed by atoms with Crippen LogP contribution in [0.1, 0.15) is 73.1 Å². The summed E-state index contributed by atoms with van der Waals surface area (Å²) in [7, 11) is 0. The third-order valence-corrected chi connectivity index (χ3v) is 7.91. The fourth-order valence-electron chi connectivity index (χ4n) is 4.84. The number of nitrogens with zero attached hydrogens (tertiary/aromatic N) is 2. The smallest absolute Gasteiger partial charge is 0.322 e. The number of rotatable bonds is 26. The lowest BCUT2D eigenvalue weighted by atomic mass is 10.0. The quantitative estimate of drug-likeness (QED) is 0.0173. The molecule has 0 fully saturated rings. The van der Waals surface area contributed by atoms with Gasteiger partial charge < -0.3 is 65.7 Å². The van der Waals surface area contributed by atoms with Crippen molar-refractivity contribution in [2.24, 2.45) is 50.5 Å². The van der Waals surface area contributed by atoms with Crippen LogP contribution in [0.15, 0.2) is 9.98 Å². The highest BCUT2D eigenvalue weighted by Crippen LogP contribution is 2.08. The SMILES string of the molecule is CC(C)C[C@H](NC(=O)[C@H](CS)NC(=O)[C@H](C)NC(=O)[C@H](CCCN=C(N)N)NC(=O)[C@H](CCCN=C(N)N)NC(=O)[C@@H](N)CC(C)C)C(=O)NCC(=O)O. The molecule has 0 rings (SSSR count). The number of carbonyl (C=O) groups excluding carboxylic acids is 6. The molecule has 21 nitrogen and oxygen atoms in total. The normalized spacial score (nSPS) is 14.2. The van der Waals surface area contributed by atoms with Gasteiger partial charge in [-0.15, -0.1) is 0 Å². The number of carboxylic acid groups (broad SMARTS) is 1. The zero-order valence-electron chi connectivity index (χ0n) is 31.7. The van der Waals surface area contributed by atoms with Gasteiger partial charge in [-0.3, -0.25) is 43.5 Å². The van der Waals surface area contributed by atoms with Crippen LogP contribution < -0.4 is 60.6 Å². The number of hydrogen-bond acceptors (Lipinski definition) is 11. The number of carbonyl (C=O) groups is 7. The standard InChI is InChI=1S/C32H61N13O8S/c1-16(2)12-19(33)26(49)42-21(9-7-11-39-32(36)37)29(52)43-20(8-6-10-38-31(34)35)28(51)41-18(5)25(48)45-23(15-54)30(53)44-22(13-17(3)4)27(50)40-14-24(46)47/h16-23,54H,6-15,33H2,1-5H3,(H,40,50)(H,41,51)(H,42,49)(H,43,52)(H,44,53)(H,45,48)(H,46,47)(H4,34,35,38)(H4,36,37,39)/t18-,19-,20-,21-,22-,23-/m0/s1. The highest BCUT2D eigenvalue weighted by atomic mass is 32.1. The summed E-state index contributed by atoms with van der Waals surface area (Å²) < 4.78 is 0. The summed E-state index contributed by atoms with van der Waals surface area (Å²) in [5.74, 6) is -6.04. The van der Waals surface area contributed by atoms with E-state index in [9.17, 15) is 33.6 Å². The fraction of sp³-hybridized carbons (Fsp3) is 0.719. The first-order valence-corrected chi connectivity index (χ1v) is 18.3. The lowest BCUT2D eigenvalue weighted by Crippen LogP contribution is -2.59. The second kappa shape index (κ2) is 26.0. The molecular weight excluding hydrogens is 727 g/mol. The molecule has 0 aromatic carbocycles. The molecule has 0 saturated carbocycles. The second-order valence-electron chi connectivity index (χ2n) is 13.5. The summed E-state index contributed by atoms with van der Waals surface area (Å²) in [5.41, 5.74) is 27.6. The van der Waals surface area contributed by atoms with Gasteiger partial charge in [0.05, 0.1) is 6.04 Å². The lowest BCUT2D eigenvalue weighted by Gasteiger charge is -2.26. The van der Waals surface area contributed by atoms with Gasteiger partial charge in [-0.25, -0.2) is 0 Å². The van der Waals surface area contributed by atoms with E-state index in [0.717, 1.165) is 0 Å². The Bertz CT molecular complexity index is 1320. The Morgan fingerprint density at radius 1 is 0.593 bits per heavy atom. The first-order valence-electron chi connectivity index (χ1n) is 17.7. The van der Waals surface area contributed by atoms with Crippen LogP contribution in [-0.2, 0) is 33.6 Å². The van der Waals surface area contributed by atoms with E-state index < -0.39 is 84.2 Å². The van der Waals surface area contributed by atoms with E-state index in [1.165, 1.54) is 6.92 Å². The number of aliphatic imine (C=N–C) groups is 2. The van der Waals surface area contributed by atoms with Crippen LogP contribution in [0.5, 0.6) is 0 Å². The van der Waals surface area contributed by atoms with Crippen molar-refractivity contribution < 1.29 is 38.7 Å². The molecule has 6 amide bonds. The molecule has 0 aliphatic rings. The van der Waals surface area contributed by atoms with Crippen LogP contribution in [0.25, 0.3) is 0 Å². The Labute approximate surface area is 321 Å². The topological polar surface area (TPSA) is 367 Å². The van der Waals surface area contributed by atoms with Gasteiger partial charge in [0.2, 0.25) is 35.4 Å². The Hall–Kier alpha value is -4.86. The molecule has 54 heavy (non-hydrogen) atoms. The zero-order chi connectivity index (χ0) is 41.5. The maximum Gasteiger partial charge on any atom is 0.322 e. The van der Waals surface area contributed by atoms with E-state index in [2.05, 4.69) is 54.5 Å². The highest BCUT2D eigenvalue weighted by Gasteiger charge is 2.31. The van der Waals surface area contributed by atoms with Gasteiger partial charge in [-0.05, 0) is 57.3 Å². The average Bonchev–Trinajstić information content (AvgIpc) is 3.06. The fourth-order valence-corrected chi connectivity index (χ4v) is 5.10. The number of carboxylic acids is 1. The molecule has 0 unspecified atom stereocenters. The van der Waals surface area contributed by atoms with Gasteiger partial charge in [0.1, 0.15) is 36.8 Å². The molecule has 0 spiro atoms. The first-order chi connectivity index (χ1) is 25.2. The van der Waals surface area contributed by atoms with E-state index in [1.807, 2.05) is 13.8 Å². The van der Waals surface area contributed by atoms with Gasteiger partial charge in [0, 0.05) is 18.8 Å². The van der Waals surface area contributed by atoms with Crippen molar-refractivity contribution in [3.8, 4) is 0 Å². The number of guanidine groups is 2. The molecule has 6 atom stereocenters. The van der Waals surface area contributed by atoms with Gasteiger partial charge in [0.15, 0.2) is 11.9 Å². The van der Waals surface area contributed by atoms with Crippen molar-refractivity contribution in [2.45, 2.75) is 109 Å². The molecule has 0 aliphatic heterocycles. The monoisotopic (exact) mass is 787 g/mol. The Kier molecular flexibility index (Phi) is 23.7. The van der Waals surface area contributed by atoms with Gasteiger partial charge in [-0.2, -0.15) is 12.6 Å². The maximum absolute atomic E-state index is 13.6. The van der Waals surface area contributed by atoms with Crippen LogP contribution in [0.4, 0.5) is 0 Å². The summed E-state index contributed by atoms with van der Waals surface area (Å²) in [6.45, 7) is 8.37. The van der Waals surface area contributed by atoms with Crippen LogP contribution in [-0.4, -0.2) is 120 Å². The molecule has 308 valence electrons.